The molecule has 2 aromatic rings. The van der Waals surface area contributed by atoms with Crippen LogP contribution in [0.15, 0.2) is 36.4 Å². The molecule has 2 aliphatic heterocycles. The lowest BCUT2D eigenvalue weighted by Crippen LogP contribution is -2.36. The molecule has 4 N–H and O–H groups in total. The van der Waals surface area contributed by atoms with E-state index >= 15 is 0 Å². The number of carbonyl (C=O) groups is 2. The fraction of sp³-hybridized carbons (Fsp3) is 0.407. The van der Waals surface area contributed by atoms with Crippen LogP contribution in [0, 0.1) is 0 Å². The second-order valence-corrected chi connectivity index (χ2v) is 9.12. The fourth-order valence-corrected chi connectivity index (χ4v) is 4.61. The predicted octanol–water partition coefficient (Wildman–Crippen LogP) is 3.81. The fourth-order valence-electron chi connectivity index (χ4n) is 4.61. The number of hydrogen-bond donors (Lipinski definition) is 3. The minimum atomic E-state index is -1.12. The number of anilines is 2. The van der Waals surface area contributed by atoms with Crippen LogP contribution in [0.1, 0.15) is 46.4 Å². The van der Waals surface area contributed by atoms with Crippen molar-refractivity contribution in [3.8, 4) is 23.0 Å². The molecular formula is C27H33N3O7. The summed E-state index contributed by atoms with van der Waals surface area (Å²) in [5.41, 5.74) is 8.29. The van der Waals surface area contributed by atoms with Crippen molar-refractivity contribution in [2.45, 2.75) is 31.7 Å². The van der Waals surface area contributed by atoms with Crippen molar-refractivity contribution in [2.75, 3.05) is 51.6 Å². The third-order valence-electron chi connectivity index (χ3n) is 6.55. The molecule has 198 valence electrons. The molecule has 0 radical (unpaired) electrons. The number of unbranched alkanes of at least 4 members (excludes halogenated alkanes) is 2. The Balaban J connectivity index is 1.28. The van der Waals surface area contributed by atoms with E-state index in [9.17, 15) is 14.7 Å². The van der Waals surface area contributed by atoms with Gasteiger partial charge in [0.1, 0.15) is 0 Å². The molecular weight excluding hydrogens is 478 g/mol. The topological polar surface area (TPSA) is 133 Å². The third kappa shape index (κ3) is 5.68. The van der Waals surface area contributed by atoms with Crippen molar-refractivity contribution in [1.29, 1.82) is 0 Å². The number of rotatable bonds is 11. The van der Waals surface area contributed by atoms with Crippen LogP contribution in [0.5, 0.6) is 23.0 Å². The number of fused-ring (bicyclic) bond motifs is 2. The monoisotopic (exact) mass is 511 g/mol. The van der Waals surface area contributed by atoms with Crippen molar-refractivity contribution in [1.82, 2.24) is 4.90 Å². The normalized spacial score (nSPS) is 16.4. The average Bonchev–Trinajstić information content (AvgIpc) is 3.21. The highest BCUT2D eigenvalue weighted by atomic mass is 16.5. The maximum absolute atomic E-state index is 13.1. The van der Waals surface area contributed by atoms with Crippen molar-refractivity contribution < 1.29 is 33.6 Å². The van der Waals surface area contributed by atoms with Gasteiger partial charge in [-0.3, -0.25) is 4.79 Å². The van der Waals surface area contributed by atoms with Crippen LogP contribution in [0.2, 0.25) is 0 Å². The van der Waals surface area contributed by atoms with Gasteiger partial charge in [0, 0.05) is 31.3 Å². The van der Waals surface area contributed by atoms with Gasteiger partial charge in [0.25, 0.3) is 5.91 Å². The molecule has 2 heterocycles. The van der Waals surface area contributed by atoms with E-state index in [1.165, 1.54) is 19.2 Å². The zero-order chi connectivity index (χ0) is 26.5. The number of carboxylic acid groups (broad SMARTS) is 1. The SMILES string of the molecule is C=C1C[C@H]2CNc3cc(OCCCCCOc4cc(N)c(C(=O)O)cc4OC)c(OC)cc3C(=O)N2C1. The quantitative estimate of drug-likeness (QED) is 0.234. The molecule has 1 fully saturated rings. The number of benzene rings is 2. The molecule has 0 aromatic heterocycles. The highest BCUT2D eigenvalue weighted by molar-refractivity contribution is 6.02. The van der Waals surface area contributed by atoms with Crippen LogP contribution in [-0.2, 0) is 0 Å². The Morgan fingerprint density at radius 3 is 2.35 bits per heavy atom. The summed E-state index contributed by atoms with van der Waals surface area (Å²) in [6.45, 7) is 6.18. The molecule has 1 amide bonds. The van der Waals surface area contributed by atoms with Crippen LogP contribution >= 0.6 is 0 Å². The van der Waals surface area contributed by atoms with Gasteiger partial charge >= 0.3 is 5.97 Å². The van der Waals surface area contributed by atoms with Crippen LogP contribution in [-0.4, -0.2) is 68.4 Å². The van der Waals surface area contributed by atoms with Crippen LogP contribution in [0.25, 0.3) is 0 Å². The van der Waals surface area contributed by atoms with Crippen LogP contribution in [0.3, 0.4) is 0 Å². The summed E-state index contributed by atoms with van der Waals surface area (Å²) in [4.78, 5) is 26.2. The summed E-state index contributed by atoms with van der Waals surface area (Å²) in [6.07, 6.45) is 3.19. The first-order valence-electron chi connectivity index (χ1n) is 12.2. The van der Waals surface area contributed by atoms with Crippen molar-refractivity contribution in [3.63, 3.8) is 0 Å². The molecule has 0 aliphatic carbocycles. The maximum Gasteiger partial charge on any atom is 0.337 e. The molecule has 1 atom stereocenters. The van der Waals surface area contributed by atoms with E-state index in [-0.39, 0.29) is 23.2 Å². The van der Waals surface area contributed by atoms with Gasteiger partial charge < -0.3 is 40.0 Å². The second kappa shape index (κ2) is 11.3. The molecule has 37 heavy (non-hydrogen) atoms. The Kier molecular flexibility index (Phi) is 7.95. The largest absolute Gasteiger partial charge is 0.493 e. The first kappa shape index (κ1) is 26.0. The summed E-state index contributed by atoms with van der Waals surface area (Å²) in [6, 6.07) is 6.51. The van der Waals surface area contributed by atoms with Gasteiger partial charge in [-0.1, -0.05) is 12.2 Å². The van der Waals surface area contributed by atoms with E-state index < -0.39 is 5.97 Å². The Hall–Kier alpha value is -4.08. The molecule has 0 spiro atoms. The van der Waals surface area contributed by atoms with Crippen molar-refractivity contribution in [2.24, 2.45) is 0 Å². The third-order valence-corrected chi connectivity index (χ3v) is 6.55. The van der Waals surface area contributed by atoms with Crippen LogP contribution in [0.4, 0.5) is 11.4 Å². The molecule has 4 rings (SSSR count). The van der Waals surface area contributed by atoms with Gasteiger partial charge in [0.05, 0.1) is 56.0 Å². The Morgan fingerprint density at radius 2 is 1.70 bits per heavy atom. The molecule has 1 saturated heterocycles. The van der Waals surface area contributed by atoms with Gasteiger partial charge in [-0.15, -0.1) is 0 Å². The van der Waals surface area contributed by atoms with E-state index in [1.54, 1.807) is 13.2 Å². The number of ether oxygens (including phenoxy) is 4. The minimum Gasteiger partial charge on any atom is -0.493 e. The van der Waals surface area contributed by atoms with Gasteiger partial charge in [-0.2, -0.15) is 0 Å². The van der Waals surface area contributed by atoms with E-state index in [1.807, 2.05) is 11.0 Å². The Morgan fingerprint density at radius 1 is 1.05 bits per heavy atom. The smallest absolute Gasteiger partial charge is 0.337 e. The van der Waals surface area contributed by atoms with E-state index in [0.29, 0.717) is 54.9 Å². The highest BCUT2D eigenvalue weighted by Gasteiger charge is 2.35. The zero-order valence-electron chi connectivity index (χ0n) is 21.2. The molecule has 0 bridgehead atoms. The molecule has 0 saturated carbocycles. The lowest BCUT2D eigenvalue weighted by atomic mass is 10.1. The van der Waals surface area contributed by atoms with E-state index in [4.69, 9.17) is 24.7 Å². The zero-order valence-corrected chi connectivity index (χ0v) is 21.2. The van der Waals surface area contributed by atoms with Gasteiger partial charge in [0.2, 0.25) is 0 Å². The first-order valence-corrected chi connectivity index (χ1v) is 12.2. The first-order chi connectivity index (χ1) is 17.8. The number of amides is 1. The highest BCUT2D eigenvalue weighted by Crippen LogP contribution is 2.38. The van der Waals surface area contributed by atoms with E-state index in [0.717, 1.165) is 36.9 Å². The van der Waals surface area contributed by atoms with Crippen molar-refractivity contribution >= 4 is 23.3 Å². The standard InChI is InChI=1S/C27H33N3O7/c1-16-9-17-14-29-21-13-25(23(35-3)11-19(21)26(31)30(17)15-16)37-8-6-4-5-7-36-24-12-20(28)18(27(32)33)10-22(24)34-2/h10-13,17,29H,1,4-9,14-15,28H2,2-3H3,(H,32,33)/t17-/m0/s1. The Bertz CT molecular complexity index is 1200. The number of methoxy groups -OCH3 is 2. The van der Waals surface area contributed by atoms with Gasteiger partial charge in [-0.25, -0.2) is 4.79 Å². The van der Waals surface area contributed by atoms with Gasteiger partial charge in [0.15, 0.2) is 23.0 Å². The van der Waals surface area contributed by atoms with Crippen molar-refractivity contribution in [3.05, 3.63) is 47.5 Å². The predicted molar refractivity (Wildman–Crippen MR) is 139 cm³/mol. The number of nitrogens with zero attached hydrogens (tertiary/aromatic N) is 1. The lowest BCUT2D eigenvalue weighted by Gasteiger charge is -2.21. The number of nitrogen functional groups attached to an aromatic ring is 1. The average molecular weight is 512 g/mol. The second-order valence-electron chi connectivity index (χ2n) is 9.12. The number of nitrogens with one attached hydrogen (secondary N) is 1. The molecule has 0 unspecified atom stereocenters. The summed E-state index contributed by atoms with van der Waals surface area (Å²) in [7, 11) is 3.01. The number of nitrogens with two attached hydrogens (primary N) is 1. The number of carboxylic acids is 1. The van der Waals surface area contributed by atoms with E-state index in [2.05, 4.69) is 11.9 Å². The summed E-state index contributed by atoms with van der Waals surface area (Å²) in [5.74, 6) is 0.684. The molecule has 2 aromatic carbocycles. The summed E-state index contributed by atoms with van der Waals surface area (Å²) in [5, 5.41) is 12.6. The van der Waals surface area contributed by atoms with Crippen LogP contribution < -0.4 is 30.0 Å². The molecule has 2 aliphatic rings. The number of aromatic carboxylic acids is 1. The minimum absolute atomic E-state index is 0.0236. The molecule has 10 heteroatoms. The summed E-state index contributed by atoms with van der Waals surface area (Å²) >= 11 is 0. The Labute approximate surface area is 215 Å². The maximum atomic E-state index is 13.1. The number of hydrogen-bond acceptors (Lipinski definition) is 8. The lowest BCUT2D eigenvalue weighted by molar-refractivity contribution is 0.0696. The molecule has 10 nitrogen and oxygen atoms in total. The van der Waals surface area contributed by atoms with Gasteiger partial charge in [-0.05, 0) is 31.7 Å². The number of carbonyl (C=O) groups excluding carboxylic acids is 1. The summed E-state index contributed by atoms with van der Waals surface area (Å²) < 4.78 is 22.5.